The van der Waals surface area contributed by atoms with Crippen LogP contribution in [0.2, 0.25) is 0 Å². The summed E-state index contributed by atoms with van der Waals surface area (Å²) in [5.74, 6) is -0.825. The lowest BCUT2D eigenvalue weighted by atomic mass is 10.2. The molecule has 7 nitrogen and oxygen atoms in total. The summed E-state index contributed by atoms with van der Waals surface area (Å²) >= 11 is 0. The lowest BCUT2D eigenvalue weighted by Gasteiger charge is -2.35. The number of rotatable bonds is 2. The Morgan fingerprint density at radius 2 is 1.63 bits per heavy atom. The van der Waals surface area contributed by atoms with Gasteiger partial charge in [0.2, 0.25) is 0 Å². The first-order valence-corrected chi connectivity index (χ1v) is 8.32. The van der Waals surface area contributed by atoms with Gasteiger partial charge in [-0.1, -0.05) is 18.2 Å². The normalized spacial score (nSPS) is 15.4. The van der Waals surface area contributed by atoms with Crippen LogP contribution in [0.4, 0.5) is 19.0 Å². The Hall–Kier alpha value is -3.17. The molecule has 0 radical (unpaired) electrons. The minimum absolute atomic E-state index is 0.0315. The van der Waals surface area contributed by atoms with Crippen molar-refractivity contribution in [1.82, 2.24) is 24.7 Å². The average molecular weight is 376 g/mol. The zero-order valence-electron chi connectivity index (χ0n) is 14.1. The van der Waals surface area contributed by atoms with E-state index in [-0.39, 0.29) is 11.6 Å². The first-order valence-electron chi connectivity index (χ1n) is 8.32. The van der Waals surface area contributed by atoms with Crippen LogP contribution in [0.1, 0.15) is 16.2 Å². The monoisotopic (exact) mass is 376 g/mol. The minimum atomic E-state index is -4.63. The van der Waals surface area contributed by atoms with E-state index < -0.39 is 12.0 Å². The van der Waals surface area contributed by atoms with E-state index in [0.717, 1.165) is 0 Å². The molecule has 1 aliphatic heterocycles. The Labute approximate surface area is 152 Å². The highest BCUT2D eigenvalue weighted by molar-refractivity contribution is 5.94. The Balaban J connectivity index is 1.50. The van der Waals surface area contributed by atoms with Crippen molar-refractivity contribution in [3.05, 3.63) is 53.9 Å². The van der Waals surface area contributed by atoms with Gasteiger partial charge in [0.05, 0.1) is 0 Å². The quantitative estimate of drug-likeness (QED) is 0.685. The average Bonchev–Trinajstić information content (AvgIpc) is 3.12. The fraction of sp³-hybridized carbons (Fsp3) is 0.294. The molecule has 1 fully saturated rings. The maximum absolute atomic E-state index is 13.0. The number of carbonyl (C=O) groups is 1. The number of piperazine rings is 1. The van der Waals surface area contributed by atoms with Gasteiger partial charge in [0, 0.05) is 31.7 Å². The van der Waals surface area contributed by atoms with Crippen LogP contribution in [0.25, 0.3) is 5.65 Å². The number of hydrogen-bond donors (Lipinski definition) is 0. The predicted molar refractivity (Wildman–Crippen MR) is 90.3 cm³/mol. The van der Waals surface area contributed by atoms with Crippen LogP contribution in [-0.4, -0.2) is 56.8 Å². The lowest BCUT2D eigenvalue weighted by molar-refractivity contribution is -0.146. The van der Waals surface area contributed by atoms with Gasteiger partial charge < -0.3 is 9.80 Å². The van der Waals surface area contributed by atoms with Crippen LogP contribution in [0.15, 0.2) is 42.5 Å². The molecule has 0 atom stereocenters. The molecule has 27 heavy (non-hydrogen) atoms. The molecule has 0 bridgehead atoms. The van der Waals surface area contributed by atoms with Crippen molar-refractivity contribution in [1.29, 1.82) is 0 Å². The van der Waals surface area contributed by atoms with Gasteiger partial charge in [0.25, 0.3) is 11.7 Å². The zero-order chi connectivity index (χ0) is 19.0. The summed E-state index contributed by atoms with van der Waals surface area (Å²) in [5, 5.41) is 10.7. The summed E-state index contributed by atoms with van der Waals surface area (Å²) in [6.45, 7) is 1.87. The Bertz CT molecular complexity index is 964. The van der Waals surface area contributed by atoms with Crippen molar-refractivity contribution >= 4 is 17.4 Å². The van der Waals surface area contributed by atoms with E-state index in [0.29, 0.717) is 42.1 Å². The molecule has 0 saturated carbocycles. The predicted octanol–water partition coefficient (Wildman–Crippen LogP) is 2.11. The van der Waals surface area contributed by atoms with Crippen molar-refractivity contribution < 1.29 is 18.0 Å². The number of carbonyl (C=O) groups excluding carboxylic acids is 1. The molecule has 3 aromatic rings. The summed E-state index contributed by atoms with van der Waals surface area (Å²) in [6, 6.07) is 12.0. The number of alkyl halides is 3. The van der Waals surface area contributed by atoms with Crippen LogP contribution < -0.4 is 4.90 Å². The third-order valence-corrected chi connectivity index (χ3v) is 4.41. The molecule has 2 aromatic heterocycles. The summed E-state index contributed by atoms with van der Waals surface area (Å²) < 4.78 is 39.7. The molecule has 4 rings (SSSR count). The first kappa shape index (κ1) is 17.3. The summed E-state index contributed by atoms with van der Waals surface area (Å²) in [7, 11) is 0. The number of fused-ring (bicyclic) bond motifs is 1. The standard InChI is InChI=1S/C17H15F3N6O/c18-17(19,20)16-22-21-13-6-7-14(23-26(13)16)24-8-10-25(11-9-24)15(27)12-4-2-1-3-5-12/h1-7H,8-11H2. The Kier molecular flexibility index (Phi) is 4.17. The smallest absolute Gasteiger partial charge is 0.352 e. The summed E-state index contributed by atoms with van der Waals surface area (Å²) in [6.07, 6.45) is -4.63. The molecule has 140 valence electrons. The van der Waals surface area contributed by atoms with Crippen molar-refractivity contribution in [2.75, 3.05) is 31.1 Å². The molecule has 0 aliphatic carbocycles. The third kappa shape index (κ3) is 3.29. The number of nitrogens with zero attached hydrogens (tertiary/aromatic N) is 6. The van der Waals surface area contributed by atoms with Gasteiger partial charge in [-0.25, -0.2) is 0 Å². The second kappa shape index (κ2) is 6.53. The van der Waals surface area contributed by atoms with E-state index >= 15 is 0 Å². The maximum atomic E-state index is 13.0. The van der Waals surface area contributed by atoms with Gasteiger partial charge in [-0.3, -0.25) is 4.79 Å². The molecule has 1 amide bonds. The van der Waals surface area contributed by atoms with Gasteiger partial charge in [0.1, 0.15) is 5.82 Å². The lowest BCUT2D eigenvalue weighted by Crippen LogP contribution is -2.49. The van der Waals surface area contributed by atoms with Gasteiger partial charge in [-0.15, -0.1) is 15.3 Å². The fourth-order valence-corrected chi connectivity index (χ4v) is 3.03. The minimum Gasteiger partial charge on any atom is -0.352 e. The molecule has 1 saturated heterocycles. The van der Waals surface area contributed by atoms with Crippen molar-refractivity contribution in [2.45, 2.75) is 6.18 Å². The maximum Gasteiger partial charge on any atom is 0.453 e. The molecule has 1 aliphatic rings. The Morgan fingerprint density at radius 1 is 0.926 bits per heavy atom. The summed E-state index contributed by atoms with van der Waals surface area (Å²) in [4.78, 5) is 16.1. The van der Waals surface area contributed by atoms with E-state index in [4.69, 9.17) is 0 Å². The SMILES string of the molecule is O=C(c1ccccc1)N1CCN(c2ccc3nnc(C(F)(F)F)n3n2)CC1. The number of hydrogen-bond acceptors (Lipinski definition) is 5. The van der Waals surface area contributed by atoms with Crippen LogP contribution in [0.5, 0.6) is 0 Å². The molecule has 0 spiro atoms. The number of anilines is 1. The van der Waals surface area contributed by atoms with E-state index in [1.807, 2.05) is 11.0 Å². The second-order valence-electron chi connectivity index (χ2n) is 6.13. The Morgan fingerprint density at radius 3 is 2.30 bits per heavy atom. The largest absolute Gasteiger partial charge is 0.453 e. The van der Waals surface area contributed by atoms with Crippen molar-refractivity contribution in [2.24, 2.45) is 0 Å². The topological polar surface area (TPSA) is 66.6 Å². The van der Waals surface area contributed by atoms with Gasteiger partial charge >= 0.3 is 6.18 Å². The van der Waals surface area contributed by atoms with Gasteiger partial charge in [-0.05, 0) is 24.3 Å². The van der Waals surface area contributed by atoms with Gasteiger partial charge in [-0.2, -0.15) is 17.7 Å². The molecular weight excluding hydrogens is 361 g/mol. The zero-order valence-corrected chi connectivity index (χ0v) is 14.1. The highest BCUT2D eigenvalue weighted by Gasteiger charge is 2.38. The van der Waals surface area contributed by atoms with Crippen molar-refractivity contribution in [3.8, 4) is 0 Å². The number of amides is 1. The second-order valence-corrected chi connectivity index (χ2v) is 6.13. The van der Waals surface area contributed by atoms with Gasteiger partial charge in [0.15, 0.2) is 5.65 Å². The van der Waals surface area contributed by atoms with E-state index in [9.17, 15) is 18.0 Å². The highest BCUT2D eigenvalue weighted by Crippen LogP contribution is 2.28. The fourth-order valence-electron chi connectivity index (χ4n) is 3.03. The van der Waals surface area contributed by atoms with E-state index in [2.05, 4.69) is 15.3 Å². The van der Waals surface area contributed by atoms with Crippen LogP contribution in [-0.2, 0) is 6.18 Å². The molecule has 0 N–H and O–H groups in total. The summed E-state index contributed by atoms with van der Waals surface area (Å²) in [5.41, 5.74) is 0.647. The highest BCUT2D eigenvalue weighted by atomic mass is 19.4. The third-order valence-electron chi connectivity index (χ3n) is 4.41. The van der Waals surface area contributed by atoms with Crippen LogP contribution in [0.3, 0.4) is 0 Å². The molecule has 10 heteroatoms. The van der Waals surface area contributed by atoms with E-state index in [1.165, 1.54) is 6.07 Å². The number of benzene rings is 1. The molecular formula is C17H15F3N6O. The first-order chi connectivity index (χ1) is 12.9. The van der Waals surface area contributed by atoms with E-state index in [1.54, 1.807) is 35.2 Å². The van der Waals surface area contributed by atoms with Crippen LogP contribution >= 0.6 is 0 Å². The van der Waals surface area contributed by atoms with Crippen molar-refractivity contribution in [3.63, 3.8) is 0 Å². The molecule has 0 unspecified atom stereocenters. The number of aromatic nitrogens is 4. The number of halogens is 3. The molecule has 1 aromatic carbocycles. The van der Waals surface area contributed by atoms with Crippen LogP contribution in [0, 0.1) is 0 Å². The molecule has 3 heterocycles.